The molecule has 4 aromatic rings. The van der Waals surface area contributed by atoms with E-state index in [1.54, 1.807) is 6.20 Å². The van der Waals surface area contributed by atoms with Crippen LogP contribution in [0.3, 0.4) is 0 Å². The van der Waals surface area contributed by atoms with Crippen molar-refractivity contribution in [2.75, 3.05) is 36.4 Å². The number of piperazine rings is 1. The Labute approximate surface area is 185 Å². The third-order valence-electron chi connectivity index (χ3n) is 5.21. The van der Waals surface area contributed by atoms with Gasteiger partial charge < -0.3 is 20.1 Å². The highest BCUT2D eigenvalue weighted by atomic mass is 35.5. The molecule has 2 N–H and O–H groups in total. The maximum atomic E-state index is 14.6. The molecule has 0 atom stereocenters. The van der Waals surface area contributed by atoms with Gasteiger partial charge in [-0.15, -0.1) is 12.4 Å². The van der Waals surface area contributed by atoms with E-state index in [0.717, 1.165) is 37.4 Å². The topological polar surface area (TPSA) is 83.8 Å². The molecule has 0 radical (unpaired) electrons. The Morgan fingerprint density at radius 1 is 1.06 bits per heavy atom. The molecule has 10 heteroatoms. The van der Waals surface area contributed by atoms with Crippen molar-refractivity contribution in [3.63, 3.8) is 0 Å². The van der Waals surface area contributed by atoms with E-state index >= 15 is 0 Å². The maximum absolute atomic E-state index is 14.6. The average Bonchev–Trinajstić information content (AvgIpc) is 3.13. The second kappa shape index (κ2) is 8.83. The molecule has 0 saturated carbocycles. The third-order valence-corrected chi connectivity index (χ3v) is 5.21. The van der Waals surface area contributed by atoms with Crippen LogP contribution in [0.25, 0.3) is 22.3 Å². The van der Waals surface area contributed by atoms with E-state index in [4.69, 9.17) is 0 Å². The molecule has 8 nitrogen and oxygen atoms in total. The average molecular weight is 441 g/mol. The first-order valence-corrected chi connectivity index (χ1v) is 9.81. The quantitative estimate of drug-likeness (QED) is 0.504. The Hall–Kier alpha value is -3.30. The van der Waals surface area contributed by atoms with Crippen molar-refractivity contribution < 1.29 is 4.39 Å². The molecule has 31 heavy (non-hydrogen) atoms. The molecule has 4 aromatic heterocycles. The minimum absolute atomic E-state index is 0. The van der Waals surface area contributed by atoms with Gasteiger partial charge in [-0.05, 0) is 24.3 Å². The number of halogens is 2. The first-order valence-electron chi connectivity index (χ1n) is 9.81. The fourth-order valence-corrected chi connectivity index (χ4v) is 3.69. The van der Waals surface area contributed by atoms with Gasteiger partial charge in [-0.3, -0.25) is 4.98 Å². The van der Waals surface area contributed by atoms with Gasteiger partial charge in [0.2, 0.25) is 5.95 Å². The van der Waals surface area contributed by atoms with E-state index < -0.39 is 5.82 Å². The number of nitrogens with one attached hydrogen (secondary N) is 2. The SMILES string of the molecule is Cl.Cn1cc(-c2nc(Nc3ccc(N4CCNCC4)cn3)ncc2F)c2ncccc21. The van der Waals surface area contributed by atoms with Crippen LogP contribution in [0.2, 0.25) is 0 Å². The molecule has 1 aliphatic rings. The molecule has 5 heterocycles. The summed E-state index contributed by atoms with van der Waals surface area (Å²) in [6, 6.07) is 7.68. The largest absolute Gasteiger partial charge is 0.368 e. The molecule has 0 spiro atoms. The van der Waals surface area contributed by atoms with E-state index in [0.29, 0.717) is 16.9 Å². The number of anilines is 3. The molecule has 5 rings (SSSR count). The fraction of sp³-hybridized carbons (Fsp3) is 0.238. The monoisotopic (exact) mass is 440 g/mol. The maximum Gasteiger partial charge on any atom is 0.229 e. The second-order valence-corrected chi connectivity index (χ2v) is 7.18. The van der Waals surface area contributed by atoms with Crippen LogP contribution in [-0.4, -0.2) is 50.7 Å². The Kier molecular flexibility index (Phi) is 5.97. The highest BCUT2D eigenvalue weighted by Gasteiger charge is 2.17. The van der Waals surface area contributed by atoms with E-state index in [1.807, 2.05) is 48.3 Å². The summed E-state index contributed by atoms with van der Waals surface area (Å²) in [5.41, 5.74) is 3.50. The smallest absolute Gasteiger partial charge is 0.229 e. The molecule has 1 aliphatic heterocycles. The van der Waals surface area contributed by atoms with Crippen LogP contribution in [0.1, 0.15) is 0 Å². The molecule has 0 amide bonds. The molecule has 1 saturated heterocycles. The molecular weight excluding hydrogens is 419 g/mol. The summed E-state index contributed by atoms with van der Waals surface area (Å²) >= 11 is 0. The zero-order valence-electron chi connectivity index (χ0n) is 16.9. The predicted octanol–water partition coefficient (Wildman–Crippen LogP) is 3.14. The van der Waals surface area contributed by atoms with Crippen LogP contribution in [0, 0.1) is 5.82 Å². The number of pyridine rings is 2. The molecule has 1 fully saturated rings. The van der Waals surface area contributed by atoms with Crippen molar-refractivity contribution in [2.45, 2.75) is 0 Å². The van der Waals surface area contributed by atoms with Gasteiger partial charge in [-0.2, -0.15) is 0 Å². The summed E-state index contributed by atoms with van der Waals surface area (Å²) in [5, 5.41) is 6.41. The van der Waals surface area contributed by atoms with E-state index in [2.05, 4.69) is 35.5 Å². The van der Waals surface area contributed by atoms with Gasteiger partial charge in [0.25, 0.3) is 0 Å². The molecule has 0 unspecified atom stereocenters. The first-order chi connectivity index (χ1) is 14.7. The minimum Gasteiger partial charge on any atom is -0.368 e. The van der Waals surface area contributed by atoms with Gasteiger partial charge in [-0.25, -0.2) is 19.3 Å². The number of fused-ring (bicyclic) bond motifs is 1. The molecule has 0 bridgehead atoms. The minimum atomic E-state index is -0.499. The third kappa shape index (κ3) is 4.14. The van der Waals surface area contributed by atoms with Gasteiger partial charge in [-0.1, -0.05) is 0 Å². The van der Waals surface area contributed by atoms with Crippen LogP contribution in [-0.2, 0) is 7.05 Å². The van der Waals surface area contributed by atoms with Crippen molar-refractivity contribution in [2.24, 2.45) is 7.05 Å². The highest BCUT2D eigenvalue weighted by molar-refractivity contribution is 5.92. The number of rotatable bonds is 4. The zero-order valence-corrected chi connectivity index (χ0v) is 17.7. The summed E-state index contributed by atoms with van der Waals surface area (Å²) in [7, 11) is 1.90. The summed E-state index contributed by atoms with van der Waals surface area (Å²) in [5.74, 6) is 0.380. The predicted molar refractivity (Wildman–Crippen MR) is 122 cm³/mol. The molecular formula is C21H22ClFN8. The van der Waals surface area contributed by atoms with E-state index in [9.17, 15) is 4.39 Å². The van der Waals surface area contributed by atoms with Gasteiger partial charge in [0, 0.05) is 51.2 Å². The standard InChI is InChI=1S/C21H21FN8.ClH/c1-29-13-15(20-17(29)3-2-6-24-20)19-16(22)12-26-21(28-19)27-18-5-4-14(11-25-18)30-9-7-23-8-10-30;/h2-6,11-13,23H,7-10H2,1H3,(H,25,26,27,28);1H. The van der Waals surface area contributed by atoms with Crippen LogP contribution < -0.4 is 15.5 Å². The number of aryl methyl sites for hydroxylation is 1. The Bertz CT molecular complexity index is 1190. The van der Waals surface area contributed by atoms with Gasteiger partial charge >= 0.3 is 0 Å². The van der Waals surface area contributed by atoms with Crippen LogP contribution >= 0.6 is 12.4 Å². The number of hydrogen-bond acceptors (Lipinski definition) is 7. The van der Waals surface area contributed by atoms with Crippen LogP contribution in [0.5, 0.6) is 0 Å². The highest BCUT2D eigenvalue weighted by Crippen LogP contribution is 2.29. The van der Waals surface area contributed by atoms with Crippen molar-refractivity contribution in [1.29, 1.82) is 0 Å². The normalized spacial score (nSPS) is 13.8. The van der Waals surface area contributed by atoms with Crippen LogP contribution in [0.4, 0.5) is 21.8 Å². The number of aromatic nitrogens is 5. The van der Waals surface area contributed by atoms with Gasteiger partial charge in [0.15, 0.2) is 5.82 Å². The summed E-state index contributed by atoms with van der Waals surface area (Å²) < 4.78 is 16.5. The number of hydrogen-bond donors (Lipinski definition) is 2. The molecule has 0 aliphatic carbocycles. The Morgan fingerprint density at radius 3 is 2.68 bits per heavy atom. The van der Waals surface area contributed by atoms with Gasteiger partial charge in [0.1, 0.15) is 11.5 Å². The second-order valence-electron chi connectivity index (χ2n) is 7.18. The lowest BCUT2D eigenvalue weighted by Gasteiger charge is -2.29. The lowest BCUT2D eigenvalue weighted by Crippen LogP contribution is -2.43. The van der Waals surface area contributed by atoms with Crippen molar-refractivity contribution in [1.82, 2.24) is 29.8 Å². The van der Waals surface area contributed by atoms with Crippen LogP contribution in [0.15, 0.2) is 49.1 Å². The van der Waals surface area contributed by atoms with E-state index in [-0.39, 0.29) is 24.0 Å². The summed E-state index contributed by atoms with van der Waals surface area (Å²) in [4.78, 5) is 19.6. The molecule has 160 valence electrons. The summed E-state index contributed by atoms with van der Waals surface area (Å²) in [6.07, 6.45) is 6.51. The molecule has 0 aromatic carbocycles. The lowest BCUT2D eigenvalue weighted by molar-refractivity contribution is 0.589. The van der Waals surface area contributed by atoms with Crippen molar-refractivity contribution in [3.8, 4) is 11.3 Å². The summed E-state index contributed by atoms with van der Waals surface area (Å²) in [6.45, 7) is 3.85. The first kappa shape index (κ1) is 21.0. The van der Waals surface area contributed by atoms with Crippen molar-refractivity contribution >= 4 is 40.9 Å². The van der Waals surface area contributed by atoms with Crippen molar-refractivity contribution in [3.05, 3.63) is 54.9 Å². The Balaban J connectivity index is 0.00000231. The Morgan fingerprint density at radius 2 is 1.90 bits per heavy atom. The fourth-order valence-electron chi connectivity index (χ4n) is 3.69. The zero-order chi connectivity index (χ0) is 20.5. The van der Waals surface area contributed by atoms with E-state index in [1.165, 1.54) is 6.20 Å². The lowest BCUT2D eigenvalue weighted by atomic mass is 10.2. The number of nitrogens with zero attached hydrogens (tertiary/aromatic N) is 6. The van der Waals surface area contributed by atoms with Gasteiger partial charge in [0.05, 0.1) is 29.1 Å².